The van der Waals surface area contributed by atoms with Gasteiger partial charge in [-0.1, -0.05) is 12.8 Å². The molecule has 0 radical (unpaired) electrons. The molecule has 6 nitrogen and oxygen atoms in total. The molecule has 20 heavy (non-hydrogen) atoms. The summed E-state index contributed by atoms with van der Waals surface area (Å²) in [6.45, 7) is 0.815. The number of fused-ring (bicyclic) bond motifs is 1. The molecule has 2 aliphatic rings. The predicted molar refractivity (Wildman–Crippen MR) is 74.4 cm³/mol. The van der Waals surface area contributed by atoms with Crippen LogP contribution >= 0.6 is 0 Å². The van der Waals surface area contributed by atoms with Gasteiger partial charge in [-0.25, -0.2) is 13.1 Å². The third kappa shape index (κ3) is 2.55. The summed E-state index contributed by atoms with van der Waals surface area (Å²) >= 11 is 0. The smallest absolute Gasteiger partial charge is 0.241 e. The van der Waals surface area contributed by atoms with Crippen molar-refractivity contribution in [2.24, 2.45) is 0 Å². The molecule has 1 aliphatic carbocycles. The second-order valence-electron chi connectivity index (χ2n) is 5.14. The van der Waals surface area contributed by atoms with Crippen molar-refractivity contribution in [2.75, 3.05) is 18.9 Å². The number of benzene rings is 1. The third-order valence-electron chi connectivity index (χ3n) is 3.63. The maximum atomic E-state index is 12.4. The highest BCUT2D eigenvalue weighted by molar-refractivity contribution is 7.89. The Labute approximate surface area is 118 Å². The van der Waals surface area contributed by atoms with Crippen LogP contribution in [0.4, 0.5) is 5.69 Å². The normalized spacial score (nSPS) is 19.2. The molecular weight excluding hydrogens is 280 g/mol. The molecule has 1 fully saturated rings. The molecule has 7 heteroatoms. The van der Waals surface area contributed by atoms with E-state index in [4.69, 9.17) is 15.2 Å². The topological polar surface area (TPSA) is 90.7 Å². The van der Waals surface area contributed by atoms with Crippen molar-refractivity contribution in [1.29, 1.82) is 0 Å². The molecule has 1 aliphatic heterocycles. The van der Waals surface area contributed by atoms with Crippen LogP contribution in [0.5, 0.6) is 11.5 Å². The van der Waals surface area contributed by atoms with Crippen molar-refractivity contribution in [3.63, 3.8) is 0 Å². The molecule has 0 spiro atoms. The molecule has 110 valence electrons. The first-order valence-electron chi connectivity index (χ1n) is 6.78. The molecule has 3 N–H and O–H groups in total. The van der Waals surface area contributed by atoms with E-state index in [1.54, 1.807) is 0 Å². The summed E-state index contributed by atoms with van der Waals surface area (Å²) in [5.74, 6) is 0.819. The largest absolute Gasteiger partial charge is 0.486 e. The standard InChI is InChI=1S/C13H18N2O4S/c14-11-7-10(8-12-13(11)19-6-5-18-12)20(16,17)15-9-3-1-2-4-9/h7-9,15H,1-6,14H2. The lowest BCUT2D eigenvalue weighted by Crippen LogP contribution is -2.32. The summed E-state index contributed by atoms with van der Waals surface area (Å²) in [4.78, 5) is 0.131. The molecule has 0 aromatic heterocycles. The van der Waals surface area contributed by atoms with Gasteiger partial charge in [-0.2, -0.15) is 0 Å². The summed E-state index contributed by atoms with van der Waals surface area (Å²) in [7, 11) is -3.57. The number of hydrogen-bond acceptors (Lipinski definition) is 5. The number of ether oxygens (including phenoxy) is 2. The van der Waals surface area contributed by atoms with E-state index >= 15 is 0 Å². The third-order valence-corrected chi connectivity index (χ3v) is 5.13. The second kappa shape index (κ2) is 5.14. The number of hydrogen-bond donors (Lipinski definition) is 2. The van der Waals surface area contributed by atoms with E-state index in [0.29, 0.717) is 24.7 Å². The first kappa shape index (κ1) is 13.5. The number of rotatable bonds is 3. The Balaban J connectivity index is 1.90. The van der Waals surface area contributed by atoms with Crippen LogP contribution in [-0.2, 0) is 10.0 Å². The molecule has 0 unspecified atom stereocenters. The van der Waals surface area contributed by atoms with Crippen LogP contribution in [0.3, 0.4) is 0 Å². The zero-order valence-electron chi connectivity index (χ0n) is 11.1. The van der Waals surface area contributed by atoms with Crippen LogP contribution in [0.25, 0.3) is 0 Å². The highest BCUT2D eigenvalue weighted by Crippen LogP contribution is 2.38. The van der Waals surface area contributed by atoms with Crippen LogP contribution < -0.4 is 19.9 Å². The highest BCUT2D eigenvalue weighted by Gasteiger charge is 2.26. The van der Waals surface area contributed by atoms with Crippen LogP contribution in [-0.4, -0.2) is 27.7 Å². The van der Waals surface area contributed by atoms with E-state index in [0.717, 1.165) is 25.7 Å². The van der Waals surface area contributed by atoms with Gasteiger partial charge in [0.1, 0.15) is 13.2 Å². The fourth-order valence-electron chi connectivity index (χ4n) is 2.64. The van der Waals surface area contributed by atoms with Gasteiger partial charge in [0.2, 0.25) is 10.0 Å². The van der Waals surface area contributed by atoms with Crippen molar-refractivity contribution in [2.45, 2.75) is 36.6 Å². The first-order valence-corrected chi connectivity index (χ1v) is 8.26. The SMILES string of the molecule is Nc1cc(S(=O)(=O)NC2CCCC2)cc2c1OCCO2. The fourth-order valence-corrected chi connectivity index (χ4v) is 4.00. The lowest BCUT2D eigenvalue weighted by Gasteiger charge is -2.21. The molecule has 1 aromatic carbocycles. The average molecular weight is 298 g/mol. The van der Waals surface area contributed by atoms with Crippen molar-refractivity contribution in [3.8, 4) is 11.5 Å². The first-order chi connectivity index (χ1) is 9.56. The molecular formula is C13H18N2O4S. The number of nitrogen functional groups attached to an aromatic ring is 1. The maximum absolute atomic E-state index is 12.4. The molecule has 0 bridgehead atoms. The number of nitrogens with one attached hydrogen (secondary N) is 1. The zero-order chi connectivity index (χ0) is 14.2. The van der Waals surface area contributed by atoms with E-state index < -0.39 is 10.0 Å². The van der Waals surface area contributed by atoms with E-state index in [1.165, 1.54) is 12.1 Å². The minimum Gasteiger partial charge on any atom is -0.486 e. The molecule has 0 atom stereocenters. The van der Waals surface area contributed by atoms with Gasteiger partial charge >= 0.3 is 0 Å². The Morgan fingerprint density at radius 1 is 1.15 bits per heavy atom. The Morgan fingerprint density at radius 2 is 1.85 bits per heavy atom. The lowest BCUT2D eigenvalue weighted by atomic mass is 10.2. The minimum absolute atomic E-state index is 0.0226. The van der Waals surface area contributed by atoms with E-state index in [2.05, 4.69) is 4.72 Å². The van der Waals surface area contributed by atoms with Gasteiger partial charge in [-0.3, -0.25) is 0 Å². The Hall–Kier alpha value is -1.47. The van der Waals surface area contributed by atoms with Gasteiger partial charge in [0.05, 0.1) is 10.6 Å². The van der Waals surface area contributed by atoms with E-state index in [-0.39, 0.29) is 16.6 Å². The predicted octanol–water partition coefficient (Wildman–Crippen LogP) is 1.26. The summed E-state index contributed by atoms with van der Waals surface area (Å²) in [5, 5.41) is 0. The highest BCUT2D eigenvalue weighted by atomic mass is 32.2. The monoisotopic (exact) mass is 298 g/mol. The quantitative estimate of drug-likeness (QED) is 0.820. The molecule has 0 saturated heterocycles. The summed E-state index contributed by atoms with van der Waals surface area (Å²) in [6, 6.07) is 2.92. The maximum Gasteiger partial charge on any atom is 0.241 e. The van der Waals surface area contributed by atoms with Gasteiger partial charge in [0.15, 0.2) is 11.5 Å². The van der Waals surface area contributed by atoms with Crippen molar-refractivity contribution < 1.29 is 17.9 Å². The van der Waals surface area contributed by atoms with Gasteiger partial charge in [0, 0.05) is 12.1 Å². The van der Waals surface area contributed by atoms with Crippen LogP contribution in [0.2, 0.25) is 0 Å². The van der Waals surface area contributed by atoms with E-state index in [9.17, 15) is 8.42 Å². The van der Waals surface area contributed by atoms with Gasteiger partial charge in [-0.15, -0.1) is 0 Å². The molecule has 1 saturated carbocycles. The Kier molecular flexibility index (Phi) is 3.47. The van der Waals surface area contributed by atoms with Crippen LogP contribution in [0.15, 0.2) is 17.0 Å². The lowest BCUT2D eigenvalue weighted by molar-refractivity contribution is 0.172. The number of nitrogens with two attached hydrogens (primary N) is 1. The second-order valence-corrected chi connectivity index (χ2v) is 6.85. The van der Waals surface area contributed by atoms with Crippen molar-refractivity contribution in [1.82, 2.24) is 4.72 Å². The van der Waals surface area contributed by atoms with Gasteiger partial charge < -0.3 is 15.2 Å². The minimum atomic E-state index is -3.57. The number of anilines is 1. The Bertz CT molecular complexity index is 609. The number of sulfonamides is 1. The van der Waals surface area contributed by atoms with Gasteiger partial charge in [-0.05, 0) is 18.9 Å². The van der Waals surface area contributed by atoms with Crippen LogP contribution in [0, 0.1) is 0 Å². The fraction of sp³-hybridized carbons (Fsp3) is 0.538. The molecule has 3 rings (SSSR count). The van der Waals surface area contributed by atoms with Gasteiger partial charge in [0.25, 0.3) is 0 Å². The molecule has 1 heterocycles. The summed E-state index contributed by atoms with van der Waals surface area (Å²) < 4.78 is 38.3. The van der Waals surface area contributed by atoms with Crippen LogP contribution in [0.1, 0.15) is 25.7 Å². The summed E-state index contributed by atoms with van der Waals surface area (Å²) in [6.07, 6.45) is 3.91. The average Bonchev–Trinajstić information content (AvgIpc) is 2.91. The summed E-state index contributed by atoms with van der Waals surface area (Å²) in [5.41, 5.74) is 6.14. The van der Waals surface area contributed by atoms with Crippen molar-refractivity contribution in [3.05, 3.63) is 12.1 Å². The van der Waals surface area contributed by atoms with Crippen molar-refractivity contribution >= 4 is 15.7 Å². The molecule has 1 aromatic rings. The molecule has 0 amide bonds. The Morgan fingerprint density at radius 3 is 2.60 bits per heavy atom. The zero-order valence-corrected chi connectivity index (χ0v) is 11.9. The van der Waals surface area contributed by atoms with E-state index in [1.807, 2.05) is 0 Å².